The topological polar surface area (TPSA) is 17.1 Å². The molecular formula is C19H20O. The Balaban J connectivity index is 0.000000704. The van der Waals surface area contributed by atoms with E-state index in [9.17, 15) is 4.79 Å². The molecule has 2 aromatic rings. The summed E-state index contributed by atoms with van der Waals surface area (Å²) in [6.07, 6.45) is 0. The Labute approximate surface area is 121 Å². The molecule has 1 nitrogen and oxygen atoms in total. The lowest BCUT2D eigenvalue weighted by atomic mass is 9.81. The molecule has 0 fully saturated rings. The predicted octanol–water partition coefficient (Wildman–Crippen LogP) is 4.94. The first kappa shape index (κ1) is 14.3. The molecular weight excluding hydrogens is 244 g/mol. The van der Waals surface area contributed by atoms with Crippen molar-refractivity contribution >= 4 is 11.4 Å². The third-order valence-corrected chi connectivity index (χ3v) is 3.49. The zero-order chi connectivity index (χ0) is 14.9. The van der Waals surface area contributed by atoms with Gasteiger partial charge in [0, 0.05) is 11.1 Å². The van der Waals surface area contributed by atoms with E-state index in [0.717, 1.165) is 39.0 Å². The average Bonchev–Trinajstić information content (AvgIpc) is 2.46. The number of fused-ring (bicyclic) bond motifs is 2. The molecule has 0 aliphatic heterocycles. The standard InChI is InChI=1S/C17H14O.C2H6/c1-10-5-7-14-15(8-10)12(3)13-6-4-11(2)9-16(13)17(14)18;1-2/h4-9H,3H2,1-2H3;1-2H3. The molecule has 0 unspecified atom stereocenters. The van der Waals surface area contributed by atoms with Crippen molar-refractivity contribution in [3.05, 3.63) is 76.4 Å². The van der Waals surface area contributed by atoms with Gasteiger partial charge in [-0.2, -0.15) is 0 Å². The van der Waals surface area contributed by atoms with Gasteiger partial charge in [-0.15, -0.1) is 0 Å². The van der Waals surface area contributed by atoms with Crippen LogP contribution < -0.4 is 0 Å². The normalized spacial score (nSPS) is 12.2. The van der Waals surface area contributed by atoms with Crippen molar-refractivity contribution in [3.8, 4) is 0 Å². The summed E-state index contributed by atoms with van der Waals surface area (Å²) in [5.74, 6) is 0.108. The summed E-state index contributed by atoms with van der Waals surface area (Å²) in [6, 6.07) is 11.9. The van der Waals surface area contributed by atoms with Gasteiger partial charge in [0.05, 0.1) is 0 Å². The number of hydrogen-bond donors (Lipinski definition) is 0. The van der Waals surface area contributed by atoms with Gasteiger partial charge in [0.25, 0.3) is 0 Å². The van der Waals surface area contributed by atoms with E-state index in [4.69, 9.17) is 0 Å². The van der Waals surface area contributed by atoms with Gasteiger partial charge in [0.1, 0.15) is 0 Å². The summed E-state index contributed by atoms with van der Waals surface area (Å²) in [6.45, 7) is 12.2. The minimum Gasteiger partial charge on any atom is -0.289 e. The van der Waals surface area contributed by atoms with E-state index in [1.807, 2.05) is 64.1 Å². The van der Waals surface area contributed by atoms with Crippen LogP contribution >= 0.6 is 0 Å². The van der Waals surface area contributed by atoms with E-state index in [1.54, 1.807) is 0 Å². The number of carbonyl (C=O) groups excluding carboxylic acids is 1. The number of benzene rings is 2. The molecule has 0 radical (unpaired) electrons. The fraction of sp³-hybridized carbons (Fsp3) is 0.211. The van der Waals surface area contributed by atoms with Crippen molar-refractivity contribution in [1.82, 2.24) is 0 Å². The fourth-order valence-electron chi connectivity index (χ4n) is 2.51. The highest BCUT2D eigenvalue weighted by molar-refractivity contribution is 6.18. The van der Waals surface area contributed by atoms with Crippen molar-refractivity contribution in [1.29, 1.82) is 0 Å². The van der Waals surface area contributed by atoms with Crippen LogP contribution in [0.5, 0.6) is 0 Å². The lowest BCUT2D eigenvalue weighted by Crippen LogP contribution is -2.14. The fourth-order valence-corrected chi connectivity index (χ4v) is 2.51. The molecule has 3 rings (SSSR count). The highest BCUT2D eigenvalue weighted by Gasteiger charge is 2.25. The van der Waals surface area contributed by atoms with Crippen molar-refractivity contribution in [3.63, 3.8) is 0 Å². The quantitative estimate of drug-likeness (QED) is 0.562. The number of hydrogen-bond acceptors (Lipinski definition) is 1. The second-order valence-corrected chi connectivity index (χ2v) is 4.91. The summed E-state index contributed by atoms with van der Waals surface area (Å²) in [5.41, 5.74) is 6.67. The van der Waals surface area contributed by atoms with Gasteiger partial charge in [0.15, 0.2) is 5.78 Å². The smallest absolute Gasteiger partial charge is 0.194 e. The van der Waals surface area contributed by atoms with Crippen LogP contribution in [0, 0.1) is 13.8 Å². The number of rotatable bonds is 0. The lowest BCUT2D eigenvalue weighted by Gasteiger charge is -2.21. The number of aryl methyl sites for hydroxylation is 2. The van der Waals surface area contributed by atoms with Gasteiger partial charge in [-0.25, -0.2) is 0 Å². The van der Waals surface area contributed by atoms with E-state index in [-0.39, 0.29) is 5.78 Å². The Hall–Kier alpha value is -2.15. The SMILES string of the molecule is C=C1c2cc(C)ccc2C(=O)c2cc(C)ccc21.CC. The summed E-state index contributed by atoms with van der Waals surface area (Å²) >= 11 is 0. The summed E-state index contributed by atoms with van der Waals surface area (Å²) in [7, 11) is 0. The Bertz CT molecular complexity index is 631. The van der Waals surface area contributed by atoms with Crippen molar-refractivity contribution < 1.29 is 4.79 Å². The second kappa shape index (κ2) is 5.46. The lowest BCUT2D eigenvalue weighted by molar-refractivity contribution is 0.103. The van der Waals surface area contributed by atoms with Crippen LogP contribution in [0.1, 0.15) is 52.0 Å². The van der Waals surface area contributed by atoms with Gasteiger partial charge in [0.2, 0.25) is 0 Å². The number of carbonyl (C=O) groups is 1. The third kappa shape index (κ3) is 2.20. The molecule has 0 bridgehead atoms. The zero-order valence-electron chi connectivity index (χ0n) is 12.6. The zero-order valence-corrected chi connectivity index (χ0v) is 12.6. The van der Waals surface area contributed by atoms with Crippen LogP contribution in [0.15, 0.2) is 43.0 Å². The third-order valence-electron chi connectivity index (χ3n) is 3.49. The molecule has 102 valence electrons. The molecule has 0 aromatic heterocycles. The van der Waals surface area contributed by atoms with Crippen LogP contribution in [-0.2, 0) is 0 Å². The Morgan fingerprint density at radius 2 is 1.25 bits per heavy atom. The van der Waals surface area contributed by atoms with Crippen LogP contribution in [0.3, 0.4) is 0 Å². The van der Waals surface area contributed by atoms with Crippen molar-refractivity contribution in [2.45, 2.75) is 27.7 Å². The largest absolute Gasteiger partial charge is 0.289 e. The van der Waals surface area contributed by atoms with Crippen molar-refractivity contribution in [2.24, 2.45) is 0 Å². The van der Waals surface area contributed by atoms with Crippen LogP contribution in [-0.4, -0.2) is 5.78 Å². The summed E-state index contributed by atoms with van der Waals surface area (Å²) in [5, 5.41) is 0. The molecule has 1 aliphatic rings. The monoisotopic (exact) mass is 264 g/mol. The molecule has 0 heterocycles. The van der Waals surface area contributed by atoms with E-state index in [0.29, 0.717) is 0 Å². The molecule has 0 saturated carbocycles. The van der Waals surface area contributed by atoms with Gasteiger partial charge in [-0.1, -0.05) is 61.9 Å². The molecule has 0 saturated heterocycles. The minimum atomic E-state index is 0.108. The first-order valence-corrected chi connectivity index (χ1v) is 7.03. The highest BCUT2D eigenvalue weighted by atomic mass is 16.1. The van der Waals surface area contributed by atoms with Crippen LogP contribution in [0.4, 0.5) is 0 Å². The van der Waals surface area contributed by atoms with E-state index in [1.165, 1.54) is 0 Å². The van der Waals surface area contributed by atoms with Crippen molar-refractivity contribution in [2.75, 3.05) is 0 Å². The maximum Gasteiger partial charge on any atom is 0.194 e. The predicted molar refractivity (Wildman–Crippen MR) is 85.3 cm³/mol. The first-order valence-electron chi connectivity index (χ1n) is 7.03. The van der Waals surface area contributed by atoms with Gasteiger partial charge < -0.3 is 0 Å². The van der Waals surface area contributed by atoms with E-state index in [2.05, 4.69) is 6.58 Å². The molecule has 1 aliphatic carbocycles. The molecule has 2 aromatic carbocycles. The molecule has 0 atom stereocenters. The average molecular weight is 264 g/mol. The number of ketones is 1. The Morgan fingerprint density at radius 1 is 0.750 bits per heavy atom. The van der Waals surface area contributed by atoms with E-state index >= 15 is 0 Å². The molecule has 0 spiro atoms. The summed E-state index contributed by atoms with van der Waals surface area (Å²) < 4.78 is 0. The van der Waals surface area contributed by atoms with E-state index < -0.39 is 0 Å². The minimum absolute atomic E-state index is 0.108. The van der Waals surface area contributed by atoms with Crippen LogP contribution in [0.25, 0.3) is 5.57 Å². The molecule has 1 heteroatoms. The second-order valence-electron chi connectivity index (χ2n) is 4.91. The highest BCUT2D eigenvalue weighted by Crippen LogP contribution is 2.35. The maximum atomic E-state index is 12.5. The van der Waals surface area contributed by atoms with Gasteiger partial charge in [-0.3, -0.25) is 4.79 Å². The molecule has 0 N–H and O–H groups in total. The van der Waals surface area contributed by atoms with Gasteiger partial charge >= 0.3 is 0 Å². The molecule has 20 heavy (non-hydrogen) atoms. The maximum absolute atomic E-state index is 12.5. The van der Waals surface area contributed by atoms with Crippen LogP contribution in [0.2, 0.25) is 0 Å². The Morgan fingerprint density at radius 3 is 1.85 bits per heavy atom. The first-order chi connectivity index (χ1) is 9.58. The Kier molecular flexibility index (Phi) is 3.89. The molecule has 0 amide bonds. The van der Waals surface area contributed by atoms with Gasteiger partial charge in [-0.05, 0) is 36.6 Å². The summed E-state index contributed by atoms with van der Waals surface area (Å²) in [4.78, 5) is 12.5.